The fraction of sp³-hybridized carbons (Fsp3) is 0.615. The highest BCUT2D eigenvalue weighted by atomic mass is 32.1. The standard InChI is InChI=1S/C13H21NO3S/c1-10(2)16-13(15)17-11(7-8-14(3)4)12-6-5-9-18-12/h5-6,9-11H,7-8H2,1-4H3. The summed E-state index contributed by atoms with van der Waals surface area (Å²) in [4.78, 5) is 14.7. The number of carbonyl (C=O) groups excluding carboxylic acids is 1. The van der Waals surface area contributed by atoms with Gasteiger partial charge in [-0.1, -0.05) is 6.07 Å². The zero-order valence-electron chi connectivity index (χ0n) is 11.4. The number of carbonyl (C=O) groups is 1. The molecule has 4 nitrogen and oxygen atoms in total. The molecule has 0 amide bonds. The molecule has 5 heteroatoms. The van der Waals surface area contributed by atoms with Gasteiger partial charge in [0.25, 0.3) is 0 Å². The van der Waals surface area contributed by atoms with E-state index >= 15 is 0 Å². The Morgan fingerprint density at radius 3 is 2.61 bits per heavy atom. The maximum Gasteiger partial charge on any atom is 0.509 e. The van der Waals surface area contributed by atoms with Gasteiger partial charge in [0, 0.05) is 17.8 Å². The number of thiophene rings is 1. The highest BCUT2D eigenvalue weighted by Crippen LogP contribution is 2.26. The summed E-state index contributed by atoms with van der Waals surface area (Å²) in [7, 11) is 4.00. The first-order valence-corrected chi connectivity index (χ1v) is 6.92. The SMILES string of the molecule is CC(C)OC(=O)OC(CCN(C)C)c1cccs1. The van der Waals surface area contributed by atoms with Crippen LogP contribution in [0.3, 0.4) is 0 Å². The molecule has 0 bridgehead atoms. The zero-order valence-corrected chi connectivity index (χ0v) is 12.2. The summed E-state index contributed by atoms with van der Waals surface area (Å²) >= 11 is 1.59. The minimum absolute atomic E-state index is 0.157. The molecule has 102 valence electrons. The molecule has 0 N–H and O–H groups in total. The Bertz CT molecular complexity index is 349. The van der Waals surface area contributed by atoms with Crippen molar-refractivity contribution in [2.75, 3.05) is 20.6 Å². The van der Waals surface area contributed by atoms with E-state index in [9.17, 15) is 4.79 Å². The summed E-state index contributed by atoms with van der Waals surface area (Å²) in [5.41, 5.74) is 0. The number of ether oxygens (including phenoxy) is 2. The monoisotopic (exact) mass is 271 g/mol. The Morgan fingerprint density at radius 1 is 1.39 bits per heavy atom. The average molecular weight is 271 g/mol. The van der Waals surface area contributed by atoms with Crippen LogP contribution in [-0.4, -0.2) is 37.8 Å². The summed E-state index contributed by atoms with van der Waals surface area (Å²) in [6.07, 6.45) is -0.211. The van der Waals surface area contributed by atoms with Gasteiger partial charge >= 0.3 is 6.16 Å². The van der Waals surface area contributed by atoms with E-state index in [1.807, 2.05) is 31.6 Å². The Balaban J connectivity index is 2.58. The van der Waals surface area contributed by atoms with Gasteiger partial charge in [-0.25, -0.2) is 4.79 Å². The van der Waals surface area contributed by atoms with Crippen molar-refractivity contribution in [2.24, 2.45) is 0 Å². The highest BCUT2D eigenvalue weighted by molar-refractivity contribution is 7.10. The molecule has 0 saturated heterocycles. The minimum Gasteiger partial charge on any atom is -0.432 e. The first-order valence-electron chi connectivity index (χ1n) is 6.04. The number of rotatable bonds is 6. The van der Waals surface area contributed by atoms with Crippen molar-refractivity contribution in [3.05, 3.63) is 22.4 Å². The number of nitrogens with zero attached hydrogens (tertiary/aromatic N) is 1. The van der Waals surface area contributed by atoms with E-state index in [-0.39, 0.29) is 12.2 Å². The maximum atomic E-state index is 11.6. The van der Waals surface area contributed by atoms with Crippen LogP contribution in [-0.2, 0) is 9.47 Å². The highest BCUT2D eigenvalue weighted by Gasteiger charge is 2.19. The average Bonchev–Trinajstić information content (AvgIpc) is 2.75. The number of hydrogen-bond donors (Lipinski definition) is 0. The fourth-order valence-electron chi connectivity index (χ4n) is 1.45. The second-order valence-corrected chi connectivity index (χ2v) is 5.61. The molecule has 0 fully saturated rings. The van der Waals surface area contributed by atoms with E-state index in [4.69, 9.17) is 9.47 Å². The van der Waals surface area contributed by atoms with Crippen molar-refractivity contribution in [3.8, 4) is 0 Å². The molecule has 0 saturated carbocycles. The molecule has 18 heavy (non-hydrogen) atoms. The lowest BCUT2D eigenvalue weighted by molar-refractivity contribution is 0.00333. The van der Waals surface area contributed by atoms with Gasteiger partial charge in [0.2, 0.25) is 0 Å². The van der Waals surface area contributed by atoms with Crippen LogP contribution in [0.4, 0.5) is 4.79 Å². The topological polar surface area (TPSA) is 38.8 Å². The third-order valence-corrected chi connectivity index (χ3v) is 3.23. The van der Waals surface area contributed by atoms with Crippen LogP contribution >= 0.6 is 11.3 Å². The van der Waals surface area contributed by atoms with Gasteiger partial charge < -0.3 is 14.4 Å². The van der Waals surface area contributed by atoms with Crippen molar-refractivity contribution >= 4 is 17.5 Å². The molecule has 0 spiro atoms. The Morgan fingerprint density at radius 2 is 2.11 bits per heavy atom. The van der Waals surface area contributed by atoms with Gasteiger partial charge in [-0.15, -0.1) is 11.3 Å². The van der Waals surface area contributed by atoms with Crippen LogP contribution in [0.5, 0.6) is 0 Å². The van der Waals surface area contributed by atoms with Crippen molar-refractivity contribution in [1.82, 2.24) is 4.90 Å². The van der Waals surface area contributed by atoms with E-state index in [1.165, 1.54) is 0 Å². The minimum atomic E-state index is -0.595. The Kier molecular flexibility index (Phi) is 6.15. The molecule has 0 aliphatic heterocycles. The molecule has 0 aliphatic rings. The molecule has 0 radical (unpaired) electrons. The third-order valence-electron chi connectivity index (χ3n) is 2.27. The van der Waals surface area contributed by atoms with Crippen molar-refractivity contribution in [3.63, 3.8) is 0 Å². The molecule has 1 aromatic heterocycles. The van der Waals surface area contributed by atoms with E-state index in [0.29, 0.717) is 0 Å². The molecular formula is C13H21NO3S. The Labute approximate surface area is 113 Å². The fourth-order valence-corrected chi connectivity index (χ4v) is 2.23. The van der Waals surface area contributed by atoms with E-state index in [0.717, 1.165) is 17.8 Å². The van der Waals surface area contributed by atoms with Crippen LogP contribution < -0.4 is 0 Å². The molecule has 0 aromatic carbocycles. The smallest absolute Gasteiger partial charge is 0.432 e. The lowest BCUT2D eigenvalue weighted by atomic mass is 10.2. The predicted octanol–water partition coefficient (Wildman–Crippen LogP) is 3.30. The first-order chi connectivity index (χ1) is 8.49. The summed E-state index contributed by atoms with van der Waals surface area (Å²) in [6.45, 7) is 4.47. The van der Waals surface area contributed by atoms with Gasteiger partial charge in [-0.3, -0.25) is 0 Å². The molecule has 1 atom stereocenters. The van der Waals surface area contributed by atoms with Gasteiger partial charge in [0.15, 0.2) is 0 Å². The zero-order chi connectivity index (χ0) is 13.5. The van der Waals surface area contributed by atoms with Gasteiger partial charge in [0.1, 0.15) is 6.10 Å². The van der Waals surface area contributed by atoms with E-state index in [1.54, 1.807) is 25.2 Å². The molecule has 0 aliphatic carbocycles. The number of hydrogen-bond acceptors (Lipinski definition) is 5. The lowest BCUT2D eigenvalue weighted by Gasteiger charge is -2.19. The van der Waals surface area contributed by atoms with E-state index in [2.05, 4.69) is 4.90 Å². The molecule has 1 heterocycles. The molecule has 1 aromatic rings. The molecule has 1 rings (SSSR count). The van der Waals surface area contributed by atoms with Crippen LogP contribution in [0.1, 0.15) is 31.2 Å². The summed E-state index contributed by atoms with van der Waals surface area (Å²) in [5.74, 6) is 0. The van der Waals surface area contributed by atoms with E-state index < -0.39 is 6.16 Å². The first kappa shape index (κ1) is 15.0. The summed E-state index contributed by atoms with van der Waals surface area (Å²) in [5, 5.41) is 1.98. The van der Waals surface area contributed by atoms with Crippen LogP contribution in [0.2, 0.25) is 0 Å². The second kappa shape index (κ2) is 7.38. The molecule has 1 unspecified atom stereocenters. The quantitative estimate of drug-likeness (QED) is 0.744. The largest absolute Gasteiger partial charge is 0.509 e. The predicted molar refractivity (Wildman–Crippen MR) is 72.9 cm³/mol. The van der Waals surface area contributed by atoms with Gasteiger partial charge in [-0.05, 0) is 39.4 Å². The Hall–Kier alpha value is -1.07. The third kappa shape index (κ3) is 5.51. The van der Waals surface area contributed by atoms with Crippen LogP contribution in [0.25, 0.3) is 0 Å². The normalized spacial score (nSPS) is 12.8. The van der Waals surface area contributed by atoms with Crippen molar-refractivity contribution in [1.29, 1.82) is 0 Å². The van der Waals surface area contributed by atoms with Crippen molar-refractivity contribution < 1.29 is 14.3 Å². The lowest BCUT2D eigenvalue weighted by Crippen LogP contribution is -2.20. The van der Waals surface area contributed by atoms with Crippen LogP contribution in [0, 0.1) is 0 Å². The molecular weight excluding hydrogens is 250 g/mol. The van der Waals surface area contributed by atoms with Crippen molar-refractivity contribution in [2.45, 2.75) is 32.5 Å². The van der Waals surface area contributed by atoms with Crippen LogP contribution in [0.15, 0.2) is 17.5 Å². The second-order valence-electron chi connectivity index (χ2n) is 4.63. The van der Waals surface area contributed by atoms with Gasteiger partial charge in [-0.2, -0.15) is 0 Å². The summed E-state index contributed by atoms with van der Waals surface area (Å²) in [6, 6.07) is 3.94. The van der Waals surface area contributed by atoms with Gasteiger partial charge in [0.05, 0.1) is 6.10 Å². The summed E-state index contributed by atoms with van der Waals surface area (Å²) < 4.78 is 10.4. The maximum absolute atomic E-state index is 11.6.